The standard InChI is InChI=1S/C20H34FN5O/c1-4-22-20(23-10-11-26-14-12-25(5-2)13-15-26)24-16-17(3)27-19-9-7-6-8-18(19)21/h6-9,17H,4-5,10-16H2,1-3H3,(H2,22,23,24). The first-order valence-corrected chi connectivity index (χ1v) is 10.0. The number of hydrogen-bond donors (Lipinski definition) is 2. The minimum atomic E-state index is -0.346. The smallest absolute Gasteiger partial charge is 0.191 e. The number of piperazine rings is 1. The third-order valence-electron chi connectivity index (χ3n) is 4.65. The molecule has 1 fully saturated rings. The van der Waals surface area contributed by atoms with Gasteiger partial charge in [-0.15, -0.1) is 0 Å². The Kier molecular flexibility index (Phi) is 9.35. The van der Waals surface area contributed by atoms with E-state index < -0.39 is 0 Å². The van der Waals surface area contributed by atoms with Crippen LogP contribution in [0, 0.1) is 5.82 Å². The highest BCUT2D eigenvalue weighted by Gasteiger charge is 2.15. The predicted molar refractivity (Wildman–Crippen MR) is 109 cm³/mol. The average molecular weight is 380 g/mol. The summed E-state index contributed by atoms with van der Waals surface area (Å²) in [5, 5.41) is 6.63. The van der Waals surface area contributed by atoms with Crippen LogP contribution in [0.5, 0.6) is 5.75 Å². The third-order valence-corrected chi connectivity index (χ3v) is 4.65. The maximum atomic E-state index is 13.7. The molecule has 1 aliphatic heterocycles. The lowest BCUT2D eigenvalue weighted by atomic mass is 10.3. The van der Waals surface area contributed by atoms with Gasteiger partial charge >= 0.3 is 0 Å². The Bertz CT molecular complexity index is 575. The molecule has 6 nitrogen and oxygen atoms in total. The molecule has 0 bridgehead atoms. The highest BCUT2D eigenvalue weighted by Crippen LogP contribution is 2.16. The van der Waals surface area contributed by atoms with Crippen LogP contribution >= 0.6 is 0 Å². The summed E-state index contributed by atoms with van der Waals surface area (Å²) in [6, 6.07) is 6.45. The van der Waals surface area contributed by atoms with Gasteiger partial charge in [0.1, 0.15) is 6.10 Å². The molecule has 0 saturated carbocycles. The molecule has 2 rings (SSSR count). The molecule has 7 heteroatoms. The summed E-state index contributed by atoms with van der Waals surface area (Å²) < 4.78 is 19.3. The highest BCUT2D eigenvalue weighted by atomic mass is 19.1. The van der Waals surface area contributed by atoms with Crippen molar-refractivity contribution < 1.29 is 9.13 Å². The molecular formula is C20H34FN5O. The van der Waals surface area contributed by atoms with E-state index in [0.717, 1.165) is 58.3 Å². The minimum absolute atomic E-state index is 0.209. The molecule has 0 spiro atoms. The Hall–Kier alpha value is -1.86. The zero-order valence-electron chi connectivity index (χ0n) is 16.9. The SMILES string of the molecule is CCNC(=NCC(C)Oc1ccccc1F)NCCN1CCN(CC)CC1. The molecule has 2 N–H and O–H groups in total. The van der Waals surface area contributed by atoms with E-state index in [0.29, 0.717) is 6.54 Å². The Labute approximate surface area is 162 Å². The first kappa shape index (κ1) is 21.4. The van der Waals surface area contributed by atoms with Crippen molar-refractivity contribution in [3.8, 4) is 5.75 Å². The molecule has 152 valence electrons. The molecule has 27 heavy (non-hydrogen) atoms. The van der Waals surface area contributed by atoms with Crippen LogP contribution in [-0.2, 0) is 0 Å². The zero-order chi connectivity index (χ0) is 19.5. The lowest BCUT2D eigenvalue weighted by Crippen LogP contribution is -2.49. The number of hydrogen-bond acceptors (Lipinski definition) is 4. The number of para-hydroxylation sites is 1. The summed E-state index contributed by atoms with van der Waals surface area (Å²) >= 11 is 0. The molecular weight excluding hydrogens is 345 g/mol. The van der Waals surface area contributed by atoms with Gasteiger partial charge in [0.15, 0.2) is 17.5 Å². The van der Waals surface area contributed by atoms with Crippen LogP contribution in [0.3, 0.4) is 0 Å². The number of ether oxygens (including phenoxy) is 1. The van der Waals surface area contributed by atoms with Gasteiger partial charge in [-0.25, -0.2) is 9.38 Å². The van der Waals surface area contributed by atoms with E-state index in [1.807, 2.05) is 13.8 Å². The van der Waals surface area contributed by atoms with Gasteiger partial charge in [-0.1, -0.05) is 19.1 Å². The Morgan fingerprint density at radius 1 is 1.15 bits per heavy atom. The largest absolute Gasteiger partial charge is 0.486 e. The lowest BCUT2D eigenvalue weighted by Gasteiger charge is -2.34. The van der Waals surface area contributed by atoms with Crippen molar-refractivity contribution in [2.24, 2.45) is 4.99 Å². The van der Waals surface area contributed by atoms with Gasteiger partial charge in [0.25, 0.3) is 0 Å². The van der Waals surface area contributed by atoms with Crippen molar-refractivity contribution >= 4 is 5.96 Å². The summed E-state index contributed by atoms with van der Waals surface area (Å²) in [7, 11) is 0. The summed E-state index contributed by atoms with van der Waals surface area (Å²) in [5.74, 6) is 0.694. The Balaban J connectivity index is 1.74. The number of benzene rings is 1. The summed E-state index contributed by atoms with van der Waals surface area (Å²) in [6.45, 7) is 14.9. The maximum Gasteiger partial charge on any atom is 0.191 e. The quantitative estimate of drug-likeness (QED) is 0.506. The molecule has 0 amide bonds. The topological polar surface area (TPSA) is 52.1 Å². The van der Waals surface area contributed by atoms with Crippen LogP contribution in [0.2, 0.25) is 0 Å². The van der Waals surface area contributed by atoms with Gasteiger partial charge in [0, 0.05) is 45.8 Å². The van der Waals surface area contributed by atoms with Gasteiger partial charge in [-0.3, -0.25) is 4.90 Å². The van der Waals surface area contributed by atoms with Crippen molar-refractivity contribution in [1.29, 1.82) is 0 Å². The normalized spacial score (nSPS) is 17.6. The van der Waals surface area contributed by atoms with Crippen LogP contribution in [0.25, 0.3) is 0 Å². The van der Waals surface area contributed by atoms with E-state index in [2.05, 4.69) is 32.3 Å². The van der Waals surface area contributed by atoms with E-state index in [-0.39, 0.29) is 17.7 Å². The van der Waals surface area contributed by atoms with Crippen LogP contribution in [0.15, 0.2) is 29.3 Å². The fraction of sp³-hybridized carbons (Fsp3) is 0.650. The number of guanidine groups is 1. The minimum Gasteiger partial charge on any atom is -0.486 e. The van der Waals surface area contributed by atoms with E-state index in [4.69, 9.17) is 4.74 Å². The summed E-state index contributed by atoms with van der Waals surface area (Å²) in [5.41, 5.74) is 0. The third kappa shape index (κ3) is 7.72. The van der Waals surface area contributed by atoms with Crippen molar-refractivity contribution in [3.63, 3.8) is 0 Å². The molecule has 1 unspecified atom stereocenters. The number of likely N-dealkylation sites (N-methyl/N-ethyl adjacent to an activating group) is 1. The van der Waals surface area contributed by atoms with Gasteiger partial charge in [0.2, 0.25) is 0 Å². The molecule has 0 radical (unpaired) electrons. The number of halogens is 1. The molecule has 1 aromatic carbocycles. The number of aliphatic imine (C=N–C) groups is 1. The summed E-state index contributed by atoms with van der Waals surface area (Å²) in [4.78, 5) is 9.52. The van der Waals surface area contributed by atoms with E-state index >= 15 is 0 Å². The van der Waals surface area contributed by atoms with Crippen molar-refractivity contribution in [2.45, 2.75) is 26.9 Å². The zero-order valence-corrected chi connectivity index (χ0v) is 16.9. The number of rotatable bonds is 9. The molecule has 1 heterocycles. The first-order valence-electron chi connectivity index (χ1n) is 10.0. The predicted octanol–water partition coefficient (Wildman–Crippen LogP) is 1.79. The van der Waals surface area contributed by atoms with Crippen LogP contribution in [0.4, 0.5) is 4.39 Å². The van der Waals surface area contributed by atoms with E-state index in [1.54, 1.807) is 18.2 Å². The average Bonchev–Trinajstić information content (AvgIpc) is 2.68. The van der Waals surface area contributed by atoms with E-state index in [1.165, 1.54) is 6.07 Å². The lowest BCUT2D eigenvalue weighted by molar-refractivity contribution is 0.139. The highest BCUT2D eigenvalue weighted by molar-refractivity contribution is 5.79. The number of nitrogens with zero attached hydrogens (tertiary/aromatic N) is 3. The molecule has 0 aromatic heterocycles. The van der Waals surface area contributed by atoms with Crippen LogP contribution in [-0.4, -0.2) is 80.8 Å². The molecule has 0 aliphatic carbocycles. The Morgan fingerprint density at radius 2 is 1.85 bits per heavy atom. The molecule has 1 saturated heterocycles. The van der Waals surface area contributed by atoms with Gasteiger partial charge in [-0.2, -0.15) is 0 Å². The monoisotopic (exact) mass is 379 g/mol. The van der Waals surface area contributed by atoms with Gasteiger partial charge in [0.05, 0.1) is 6.54 Å². The second kappa shape index (κ2) is 11.8. The molecule has 1 aromatic rings. The maximum absolute atomic E-state index is 13.7. The summed E-state index contributed by atoms with van der Waals surface area (Å²) in [6.07, 6.45) is -0.209. The van der Waals surface area contributed by atoms with Crippen molar-refractivity contribution in [2.75, 3.05) is 58.9 Å². The second-order valence-corrected chi connectivity index (χ2v) is 6.78. The second-order valence-electron chi connectivity index (χ2n) is 6.78. The van der Waals surface area contributed by atoms with Crippen LogP contribution < -0.4 is 15.4 Å². The Morgan fingerprint density at radius 3 is 2.52 bits per heavy atom. The fourth-order valence-corrected chi connectivity index (χ4v) is 3.02. The fourth-order valence-electron chi connectivity index (χ4n) is 3.02. The first-order chi connectivity index (χ1) is 13.1. The van der Waals surface area contributed by atoms with E-state index in [9.17, 15) is 4.39 Å². The molecule has 1 atom stereocenters. The number of nitrogens with one attached hydrogen (secondary N) is 2. The van der Waals surface area contributed by atoms with Crippen LogP contribution in [0.1, 0.15) is 20.8 Å². The van der Waals surface area contributed by atoms with Gasteiger partial charge in [-0.05, 0) is 32.5 Å². The molecule has 1 aliphatic rings. The van der Waals surface area contributed by atoms with Crippen molar-refractivity contribution in [1.82, 2.24) is 20.4 Å². The van der Waals surface area contributed by atoms with Crippen molar-refractivity contribution in [3.05, 3.63) is 30.1 Å². The van der Waals surface area contributed by atoms with Gasteiger partial charge < -0.3 is 20.3 Å².